The van der Waals surface area contributed by atoms with E-state index in [1.54, 1.807) is 31.2 Å². The SMILES string of the molecule is CCS(=O)(=O)Nc1ccc(-c2nnc(SCC(=O)Nc3nc(-c4ccccc4)cs3)o2)cc1. The van der Waals surface area contributed by atoms with Gasteiger partial charge in [0, 0.05) is 22.2 Å². The summed E-state index contributed by atoms with van der Waals surface area (Å²) in [7, 11) is -3.34. The molecule has 0 aliphatic carbocycles. The van der Waals surface area contributed by atoms with Crippen LogP contribution in [0, 0.1) is 0 Å². The van der Waals surface area contributed by atoms with E-state index in [2.05, 4.69) is 25.2 Å². The van der Waals surface area contributed by atoms with Crippen molar-refractivity contribution >= 4 is 49.8 Å². The molecule has 0 bridgehead atoms. The molecule has 0 saturated heterocycles. The number of rotatable bonds is 9. The normalized spacial score (nSPS) is 11.3. The Kier molecular flexibility index (Phi) is 7.06. The van der Waals surface area contributed by atoms with Gasteiger partial charge in [-0.05, 0) is 31.2 Å². The summed E-state index contributed by atoms with van der Waals surface area (Å²) < 4.78 is 31.4. The summed E-state index contributed by atoms with van der Waals surface area (Å²) in [4.78, 5) is 16.7. The number of thioether (sulfide) groups is 1. The largest absolute Gasteiger partial charge is 0.411 e. The second kappa shape index (κ2) is 10.1. The smallest absolute Gasteiger partial charge is 0.277 e. The van der Waals surface area contributed by atoms with Gasteiger partial charge in [-0.15, -0.1) is 21.5 Å². The van der Waals surface area contributed by atoms with Crippen LogP contribution in [0.3, 0.4) is 0 Å². The fourth-order valence-corrected chi connectivity index (χ4v) is 4.61. The van der Waals surface area contributed by atoms with Crippen molar-refractivity contribution in [2.24, 2.45) is 0 Å². The fourth-order valence-electron chi connectivity index (χ4n) is 2.67. The molecular formula is C21H19N5O4S3. The molecule has 1 amide bonds. The summed E-state index contributed by atoms with van der Waals surface area (Å²) in [5, 5.41) is 13.4. The Morgan fingerprint density at radius 3 is 2.55 bits per heavy atom. The standard InChI is InChI=1S/C21H19N5O4S3/c1-2-33(28,29)26-16-10-8-15(9-11-16)19-24-25-21(30-19)32-13-18(27)23-20-22-17(12-31-20)14-6-4-3-5-7-14/h3-12,26H,2,13H2,1H3,(H,22,23,27). The lowest BCUT2D eigenvalue weighted by Crippen LogP contribution is -2.14. The molecule has 9 nitrogen and oxygen atoms in total. The number of aromatic nitrogens is 3. The molecule has 4 rings (SSSR count). The van der Waals surface area contributed by atoms with Crippen LogP contribution >= 0.6 is 23.1 Å². The summed E-state index contributed by atoms with van der Waals surface area (Å²) in [6.45, 7) is 1.56. The van der Waals surface area contributed by atoms with E-state index in [1.165, 1.54) is 11.3 Å². The number of sulfonamides is 1. The van der Waals surface area contributed by atoms with Gasteiger partial charge in [-0.1, -0.05) is 42.1 Å². The van der Waals surface area contributed by atoms with Crippen LogP contribution in [0.5, 0.6) is 0 Å². The number of nitrogens with zero attached hydrogens (tertiary/aromatic N) is 3. The van der Waals surface area contributed by atoms with Crippen molar-refractivity contribution in [1.29, 1.82) is 0 Å². The van der Waals surface area contributed by atoms with E-state index in [9.17, 15) is 13.2 Å². The summed E-state index contributed by atoms with van der Waals surface area (Å²) in [6, 6.07) is 16.3. The highest BCUT2D eigenvalue weighted by molar-refractivity contribution is 7.99. The van der Waals surface area contributed by atoms with Crippen LogP contribution in [0.15, 0.2) is 69.6 Å². The Morgan fingerprint density at radius 1 is 1.06 bits per heavy atom. The molecule has 0 atom stereocenters. The van der Waals surface area contributed by atoms with E-state index in [0.29, 0.717) is 16.4 Å². The van der Waals surface area contributed by atoms with Gasteiger partial charge in [0.15, 0.2) is 5.13 Å². The molecule has 0 spiro atoms. The van der Waals surface area contributed by atoms with E-state index in [1.807, 2.05) is 35.7 Å². The van der Waals surface area contributed by atoms with Gasteiger partial charge in [0.25, 0.3) is 5.22 Å². The Hall–Kier alpha value is -3.22. The molecule has 0 aliphatic heterocycles. The monoisotopic (exact) mass is 501 g/mol. The third kappa shape index (κ3) is 6.18. The summed E-state index contributed by atoms with van der Waals surface area (Å²) in [5.41, 5.74) is 2.87. The van der Waals surface area contributed by atoms with Gasteiger partial charge in [0.1, 0.15) is 0 Å². The maximum absolute atomic E-state index is 12.3. The number of anilines is 2. The topological polar surface area (TPSA) is 127 Å². The summed E-state index contributed by atoms with van der Waals surface area (Å²) in [6.07, 6.45) is 0. The Labute approximate surface area is 198 Å². The number of hydrogen-bond donors (Lipinski definition) is 2. The van der Waals surface area contributed by atoms with Crippen LogP contribution in [0.2, 0.25) is 0 Å². The molecule has 0 unspecified atom stereocenters. The quantitative estimate of drug-likeness (QED) is 0.324. The molecule has 2 heterocycles. The van der Waals surface area contributed by atoms with Gasteiger partial charge in [0.05, 0.1) is 17.2 Å². The zero-order valence-corrected chi connectivity index (χ0v) is 19.8. The number of thiazole rings is 1. The van der Waals surface area contributed by atoms with E-state index in [4.69, 9.17) is 4.42 Å². The number of carbonyl (C=O) groups excluding carboxylic acids is 1. The molecular weight excluding hydrogens is 482 g/mol. The van der Waals surface area contributed by atoms with Crippen molar-refractivity contribution in [2.45, 2.75) is 12.1 Å². The molecule has 2 N–H and O–H groups in total. The number of carbonyl (C=O) groups is 1. The molecule has 12 heteroatoms. The zero-order valence-electron chi connectivity index (χ0n) is 17.4. The van der Waals surface area contributed by atoms with Crippen molar-refractivity contribution in [1.82, 2.24) is 15.2 Å². The maximum Gasteiger partial charge on any atom is 0.277 e. The minimum absolute atomic E-state index is 0.0106. The predicted molar refractivity (Wildman–Crippen MR) is 130 cm³/mol. The number of nitrogens with one attached hydrogen (secondary N) is 2. The summed E-state index contributed by atoms with van der Waals surface area (Å²) in [5.74, 6) is 0.111. The first-order valence-corrected chi connectivity index (χ1v) is 13.3. The first-order chi connectivity index (χ1) is 15.9. The number of hydrogen-bond acceptors (Lipinski definition) is 9. The third-order valence-electron chi connectivity index (χ3n) is 4.34. The van der Waals surface area contributed by atoms with Gasteiger partial charge in [-0.3, -0.25) is 9.52 Å². The van der Waals surface area contributed by atoms with Crippen molar-refractivity contribution in [3.63, 3.8) is 0 Å². The van der Waals surface area contributed by atoms with Gasteiger partial charge in [-0.25, -0.2) is 13.4 Å². The molecule has 0 fully saturated rings. The van der Waals surface area contributed by atoms with Crippen LogP contribution in [0.4, 0.5) is 10.8 Å². The van der Waals surface area contributed by atoms with Crippen LogP contribution in [0.25, 0.3) is 22.7 Å². The first kappa shape index (κ1) is 23.0. The Balaban J connectivity index is 1.31. The Morgan fingerprint density at radius 2 is 1.82 bits per heavy atom. The minimum atomic E-state index is -3.34. The molecule has 170 valence electrons. The molecule has 2 aromatic carbocycles. The van der Waals surface area contributed by atoms with Crippen LogP contribution in [0.1, 0.15) is 6.92 Å². The molecule has 2 aromatic heterocycles. The van der Waals surface area contributed by atoms with Crippen LogP contribution in [-0.2, 0) is 14.8 Å². The lowest BCUT2D eigenvalue weighted by atomic mass is 10.2. The fraction of sp³-hybridized carbons (Fsp3) is 0.143. The maximum atomic E-state index is 12.3. The second-order valence-corrected chi connectivity index (χ2v) is 10.5. The van der Waals surface area contributed by atoms with Gasteiger partial charge >= 0.3 is 0 Å². The van der Waals surface area contributed by atoms with E-state index in [-0.39, 0.29) is 28.5 Å². The van der Waals surface area contributed by atoms with E-state index >= 15 is 0 Å². The highest BCUT2D eigenvalue weighted by Gasteiger charge is 2.14. The van der Waals surface area contributed by atoms with Gasteiger partial charge in [-0.2, -0.15) is 0 Å². The number of amides is 1. The average Bonchev–Trinajstić information content (AvgIpc) is 3.49. The molecule has 33 heavy (non-hydrogen) atoms. The van der Waals surface area contributed by atoms with Crippen LogP contribution in [-0.4, -0.2) is 41.0 Å². The van der Waals surface area contributed by atoms with Crippen molar-refractivity contribution in [3.05, 3.63) is 60.0 Å². The zero-order chi connectivity index (χ0) is 23.3. The highest BCUT2D eigenvalue weighted by atomic mass is 32.2. The first-order valence-electron chi connectivity index (χ1n) is 9.80. The predicted octanol–water partition coefficient (Wildman–Crippen LogP) is 4.35. The highest BCUT2D eigenvalue weighted by Crippen LogP contribution is 2.26. The summed E-state index contributed by atoms with van der Waals surface area (Å²) >= 11 is 2.47. The van der Waals surface area contributed by atoms with Crippen molar-refractivity contribution < 1.29 is 17.6 Å². The second-order valence-electron chi connectivity index (χ2n) is 6.70. The molecule has 0 aliphatic rings. The van der Waals surface area contributed by atoms with Crippen molar-refractivity contribution in [2.75, 3.05) is 21.5 Å². The average molecular weight is 502 g/mol. The van der Waals surface area contributed by atoms with Crippen molar-refractivity contribution in [3.8, 4) is 22.7 Å². The van der Waals surface area contributed by atoms with Crippen LogP contribution < -0.4 is 10.0 Å². The molecule has 0 saturated carbocycles. The molecule has 0 radical (unpaired) electrons. The van der Waals surface area contributed by atoms with Gasteiger partial charge in [0.2, 0.25) is 21.8 Å². The van der Waals surface area contributed by atoms with Gasteiger partial charge < -0.3 is 9.73 Å². The third-order valence-corrected chi connectivity index (χ3v) is 7.22. The number of benzene rings is 2. The lowest BCUT2D eigenvalue weighted by Gasteiger charge is -2.05. The van der Waals surface area contributed by atoms with E-state index in [0.717, 1.165) is 23.0 Å². The Bertz CT molecular complexity index is 1340. The van der Waals surface area contributed by atoms with E-state index < -0.39 is 10.0 Å². The molecule has 4 aromatic rings. The lowest BCUT2D eigenvalue weighted by molar-refractivity contribution is -0.113. The minimum Gasteiger partial charge on any atom is -0.411 e.